The van der Waals surface area contributed by atoms with E-state index in [0.29, 0.717) is 26.1 Å². The normalized spacial score (nSPS) is 30.8. The summed E-state index contributed by atoms with van der Waals surface area (Å²) in [6.45, 7) is 2.09. The van der Waals surface area contributed by atoms with Crippen LogP contribution in [-0.4, -0.2) is 53.3 Å². The van der Waals surface area contributed by atoms with Gasteiger partial charge in [-0.25, -0.2) is 0 Å². The second kappa shape index (κ2) is 3.45. The zero-order valence-corrected chi connectivity index (χ0v) is 9.26. The van der Waals surface area contributed by atoms with Crippen LogP contribution in [-0.2, 0) is 9.59 Å². The number of nitrogens with two attached hydrogens (primary N) is 1. The number of nitrogens with zero attached hydrogens (tertiary/aromatic N) is 2. The fourth-order valence-electron chi connectivity index (χ4n) is 2.53. The van der Waals surface area contributed by atoms with Crippen molar-refractivity contribution < 1.29 is 9.59 Å². The predicted molar refractivity (Wildman–Crippen MR) is 57.4 cm³/mol. The molecule has 2 aliphatic heterocycles. The number of hydrogen-bond acceptors (Lipinski definition) is 3. The molecule has 2 heterocycles. The van der Waals surface area contributed by atoms with Crippen LogP contribution < -0.4 is 5.73 Å². The zero-order valence-electron chi connectivity index (χ0n) is 9.26. The van der Waals surface area contributed by atoms with Crippen LogP contribution >= 0.6 is 0 Å². The van der Waals surface area contributed by atoms with Gasteiger partial charge in [0.05, 0.1) is 6.04 Å². The summed E-state index contributed by atoms with van der Waals surface area (Å²) in [5.41, 5.74) is 5.74. The Balaban J connectivity index is 1.53. The van der Waals surface area contributed by atoms with Gasteiger partial charge in [0.2, 0.25) is 11.8 Å². The van der Waals surface area contributed by atoms with Crippen molar-refractivity contribution in [2.45, 2.75) is 31.3 Å². The molecular formula is C11H17N3O2. The van der Waals surface area contributed by atoms with E-state index in [1.165, 1.54) is 0 Å². The average molecular weight is 223 g/mol. The summed E-state index contributed by atoms with van der Waals surface area (Å²) in [7, 11) is 0. The molecule has 2 saturated heterocycles. The van der Waals surface area contributed by atoms with E-state index in [9.17, 15) is 9.59 Å². The highest BCUT2D eigenvalue weighted by atomic mass is 16.2. The van der Waals surface area contributed by atoms with Crippen LogP contribution in [0.4, 0.5) is 0 Å². The number of carbonyl (C=O) groups excluding carboxylic acids is 2. The molecule has 1 atom stereocenters. The summed E-state index contributed by atoms with van der Waals surface area (Å²) >= 11 is 0. The van der Waals surface area contributed by atoms with Gasteiger partial charge in [-0.15, -0.1) is 0 Å². The average Bonchev–Trinajstić information content (AvgIpc) is 2.92. The second-order valence-corrected chi connectivity index (χ2v) is 5.18. The minimum Gasteiger partial charge on any atom is -0.338 e. The van der Waals surface area contributed by atoms with E-state index in [1.807, 2.05) is 9.80 Å². The van der Waals surface area contributed by atoms with Crippen LogP contribution in [0.3, 0.4) is 0 Å². The Bertz CT molecular complexity index is 334. The summed E-state index contributed by atoms with van der Waals surface area (Å²) < 4.78 is 0. The molecule has 0 bridgehead atoms. The smallest absolute Gasteiger partial charge is 0.225 e. The van der Waals surface area contributed by atoms with Crippen molar-refractivity contribution in [2.75, 3.05) is 19.6 Å². The quantitative estimate of drug-likeness (QED) is 0.664. The summed E-state index contributed by atoms with van der Waals surface area (Å²) in [4.78, 5) is 27.0. The third-order valence-corrected chi connectivity index (χ3v) is 3.73. The summed E-state index contributed by atoms with van der Waals surface area (Å²) in [6, 6.07) is 0.212. The van der Waals surface area contributed by atoms with Gasteiger partial charge in [-0.1, -0.05) is 0 Å². The lowest BCUT2D eigenvalue weighted by Gasteiger charge is -2.44. The Labute approximate surface area is 94.6 Å². The van der Waals surface area contributed by atoms with E-state index in [2.05, 4.69) is 0 Å². The Morgan fingerprint density at radius 3 is 2.44 bits per heavy atom. The molecule has 2 N–H and O–H groups in total. The van der Waals surface area contributed by atoms with Crippen molar-refractivity contribution in [1.29, 1.82) is 0 Å². The molecule has 1 unspecified atom stereocenters. The number of hydrogen-bond donors (Lipinski definition) is 1. The van der Waals surface area contributed by atoms with Crippen molar-refractivity contribution >= 4 is 11.8 Å². The molecule has 16 heavy (non-hydrogen) atoms. The Morgan fingerprint density at radius 1 is 1.25 bits per heavy atom. The van der Waals surface area contributed by atoms with E-state index in [4.69, 9.17) is 5.73 Å². The first-order valence-corrected chi connectivity index (χ1v) is 5.99. The van der Waals surface area contributed by atoms with Crippen LogP contribution in [0.5, 0.6) is 0 Å². The topological polar surface area (TPSA) is 66.6 Å². The van der Waals surface area contributed by atoms with Gasteiger partial charge < -0.3 is 15.5 Å². The maximum Gasteiger partial charge on any atom is 0.225 e. The third-order valence-electron chi connectivity index (χ3n) is 3.73. The van der Waals surface area contributed by atoms with E-state index in [1.54, 1.807) is 0 Å². The SMILES string of the molecule is NC1CC(=O)N(C2CN(C(=O)C3CC3)C2)C1. The fraction of sp³-hybridized carbons (Fsp3) is 0.818. The molecule has 0 aromatic heterocycles. The lowest BCUT2D eigenvalue weighted by atomic mass is 10.1. The number of rotatable bonds is 2. The van der Waals surface area contributed by atoms with E-state index in [0.717, 1.165) is 12.8 Å². The third kappa shape index (κ3) is 1.59. The predicted octanol–water partition coefficient (Wildman–Crippen LogP) is -0.833. The molecule has 0 radical (unpaired) electrons. The van der Waals surface area contributed by atoms with Gasteiger partial charge in [0, 0.05) is 38.0 Å². The van der Waals surface area contributed by atoms with Gasteiger partial charge in [0.15, 0.2) is 0 Å². The minimum atomic E-state index is -0.0133. The second-order valence-electron chi connectivity index (χ2n) is 5.18. The Hall–Kier alpha value is -1.10. The van der Waals surface area contributed by atoms with Crippen molar-refractivity contribution in [2.24, 2.45) is 11.7 Å². The van der Waals surface area contributed by atoms with Gasteiger partial charge in [0.1, 0.15) is 0 Å². The molecule has 3 rings (SSSR count). The largest absolute Gasteiger partial charge is 0.338 e. The van der Waals surface area contributed by atoms with Crippen molar-refractivity contribution in [1.82, 2.24) is 9.80 Å². The number of amides is 2. The van der Waals surface area contributed by atoms with Crippen LogP contribution in [0.25, 0.3) is 0 Å². The highest BCUT2D eigenvalue weighted by molar-refractivity contribution is 5.83. The van der Waals surface area contributed by atoms with Gasteiger partial charge >= 0.3 is 0 Å². The van der Waals surface area contributed by atoms with Crippen LogP contribution in [0.15, 0.2) is 0 Å². The van der Waals surface area contributed by atoms with Crippen molar-refractivity contribution in [3.8, 4) is 0 Å². The highest BCUT2D eigenvalue weighted by Gasteiger charge is 2.43. The molecule has 5 heteroatoms. The standard InChI is InChI=1S/C11H17N3O2/c12-8-3-10(15)14(4-8)9-5-13(6-9)11(16)7-1-2-7/h7-9H,1-6,12H2. The Morgan fingerprint density at radius 2 is 1.94 bits per heavy atom. The molecular weight excluding hydrogens is 206 g/mol. The van der Waals surface area contributed by atoms with E-state index in [-0.39, 0.29) is 29.8 Å². The molecule has 5 nitrogen and oxygen atoms in total. The van der Waals surface area contributed by atoms with Gasteiger partial charge in [0.25, 0.3) is 0 Å². The number of carbonyl (C=O) groups is 2. The molecule has 0 aromatic rings. The zero-order chi connectivity index (χ0) is 11.3. The van der Waals surface area contributed by atoms with E-state index >= 15 is 0 Å². The fourth-order valence-corrected chi connectivity index (χ4v) is 2.53. The maximum atomic E-state index is 11.7. The summed E-state index contributed by atoms with van der Waals surface area (Å²) in [5, 5.41) is 0. The highest BCUT2D eigenvalue weighted by Crippen LogP contribution is 2.33. The summed E-state index contributed by atoms with van der Waals surface area (Å²) in [6.07, 6.45) is 2.56. The first-order valence-electron chi connectivity index (χ1n) is 5.99. The molecule has 3 aliphatic rings. The molecule has 1 saturated carbocycles. The lowest BCUT2D eigenvalue weighted by Crippen LogP contribution is -2.61. The Kier molecular flexibility index (Phi) is 2.17. The minimum absolute atomic E-state index is 0.0133. The van der Waals surface area contributed by atoms with Crippen LogP contribution in [0.1, 0.15) is 19.3 Å². The maximum absolute atomic E-state index is 11.7. The van der Waals surface area contributed by atoms with Gasteiger partial charge in [-0.05, 0) is 12.8 Å². The van der Waals surface area contributed by atoms with Gasteiger partial charge in [-0.3, -0.25) is 9.59 Å². The molecule has 3 fully saturated rings. The molecule has 88 valence electrons. The van der Waals surface area contributed by atoms with Gasteiger partial charge in [-0.2, -0.15) is 0 Å². The molecule has 2 amide bonds. The monoisotopic (exact) mass is 223 g/mol. The van der Waals surface area contributed by atoms with Crippen molar-refractivity contribution in [3.63, 3.8) is 0 Å². The molecule has 0 aromatic carbocycles. The first-order chi connectivity index (χ1) is 7.65. The van der Waals surface area contributed by atoms with E-state index < -0.39 is 0 Å². The molecule has 0 spiro atoms. The molecule has 1 aliphatic carbocycles. The van der Waals surface area contributed by atoms with Crippen LogP contribution in [0.2, 0.25) is 0 Å². The number of likely N-dealkylation sites (tertiary alicyclic amines) is 2. The lowest BCUT2D eigenvalue weighted by molar-refractivity contribution is -0.145. The first kappa shape index (κ1) is 10.1. The van der Waals surface area contributed by atoms with Crippen molar-refractivity contribution in [3.05, 3.63) is 0 Å². The summed E-state index contributed by atoms with van der Waals surface area (Å²) in [5.74, 6) is 0.723. The van der Waals surface area contributed by atoms with Crippen LogP contribution in [0, 0.1) is 5.92 Å².